The predicted molar refractivity (Wildman–Crippen MR) is 75.6 cm³/mol. The third-order valence-corrected chi connectivity index (χ3v) is 4.39. The summed E-state index contributed by atoms with van der Waals surface area (Å²) >= 11 is 0. The molecule has 0 spiro atoms. The van der Waals surface area contributed by atoms with Crippen LogP contribution in [0.1, 0.15) is 50.1 Å². The molecule has 1 aliphatic rings. The van der Waals surface area contributed by atoms with Gasteiger partial charge < -0.3 is 10.1 Å². The molecule has 1 aliphatic carbocycles. The molecule has 1 aromatic rings. The molecular formula is C16H24FNO. The maximum absolute atomic E-state index is 14.1. The minimum atomic E-state index is -0.284. The van der Waals surface area contributed by atoms with Crippen molar-refractivity contribution in [3.8, 4) is 0 Å². The van der Waals surface area contributed by atoms with Crippen molar-refractivity contribution in [2.75, 3.05) is 14.2 Å². The Morgan fingerprint density at radius 2 is 1.79 bits per heavy atom. The monoisotopic (exact) mass is 265 g/mol. The van der Waals surface area contributed by atoms with E-state index in [1.54, 1.807) is 13.2 Å². The van der Waals surface area contributed by atoms with E-state index in [1.165, 1.54) is 18.9 Å². The smallest absolute Gasteiger partial charge is 0.128 e. The van der Waals surface area contributed by atoms with Gasteiger partial charge >= 0.3 is 0 Å². The molecule has 106 valence electrons. The molecule has 2 nitrogen and oxygen atoms in total. The summed E-state index contributed by atoms with van der Waals surface area (Å²) in [4.78, 5) is 0. The molecular weight excluding hydrogens is 241 g/mol. The van der Waals surface area contributed by atoms with E-state index < -0.39 is 0 Å². The molecule has 0 saturated heterocycles. The molecule has 0 aliphatic heterocycles. The van der Waals surface area contributed by atoms with Gasteiger partial charge in [-0.25, -0.2) is 4.39 Å². The molecule has 0 amide bonds. The average molecular weight is 265 g/mol. The SMILES string of the molecule is CNC(c1ccccc1F)C1(OC)CCCCCC1. The first-order valence-corrected chi connectivity index (χ1v) is 7.20. The van der Waals surface area contributed by atoms with Crippen LogP contribution in [0.25, 0.3) is 0 Å². The molecule has 1 unspecified atom stereocenters. The molecule has 0 aromatic heterocycles. The van der Waals surface area contributed by atoms with Gasteiger partial charge in [-0.05, 0) is 26.0 Å². The minimum Gasteiger partial charge on any atom is -0.376 e. The Kier molecular flexibility index (Phi) is 4.94. The molecule has 1 fully saturated rings. The number of rotatable bonds is 4. The number of nitrogens with one attached hydrogen (secondary N) is 1. The number of likely N-dealkylation sites (N-methyl/N-ethyl adjacent to an activating group) is 1. The summed E-state index contributed by atoms with van der Waals surface area (Å²) in [6, 6.07) is 6.93. The number of benzene rings is 1. The average Bonchev–Trinajstić information content (AvgIpc) is 2.68. The lowest BCUT2D eigenvalue weighted by atomic mass is 9.82. The van der Waals surface area contributed by atoms with Crippen LogP contribution in [0.15, 0.2) is 24.3 Å². The van der Waals surface area contributed by atoms with Gasteiger partial charge in [-0.2, -0.15) is 0 Å². The molecule has 0 radical (unpaired) electrons. The highest BCUT2D eigenvalue weighted by molar-refractivity contribution is 5.24. The first-order valence-electron chi connectivity index (χ1n) is 7.20. The van der Waals surface area contributed by atoms with Gasteiger partial charge in [-0.3, -0.25) is 0 Å². The fourth-order valence-corrected chi connectivity index (χ4v) is 3.35. The third-order valence-electron chi connectivity index (χ3n) is 4.39. The van der Waals surface area contributed by atoms with E-state index in [-0.39, 0.29) is 17.5 Å². The fraction of sp³-hybridized carbons (Fsp3) is 0.625. The number of halogens is 1. The van der Waals surface area contributed by atoms with Gasteiger partial charge in [0.05, 0.1) is 11.6 Å². The summed E-state index contributed by atoms with van der Waals surface area (Å²) in [5, 5.41) is 3.28. The Morgan fingerprint density at radius 3 is 2.32 bits per heavy atom. The van der Waals surface area contributed by atoms with Crippen LogP contribution in [-0.4, -0.2) is 19.8 Å². The normalized spacial score (nSPS) is 20.8. The summed E-state index contributed by atoms with van der Waals surface area (Å²) in [5.41, 5.74) is 0.432. The van der Waals surface area contributed by atoms with E-state index in [2.05, 4.69) is 5.32 Å². The van der Waals surface area contributed by atoms with Crippen molar-refractivity contribution in [2.24, 2.45) is 0 Å². The quantitative estimate of drug-likeness (QED) is 0.835. The number of hydrogen-bond donors (Lipinski definition) is 1. The first kappa shape index (κ1) is 14.5. The highest BCUT2D eigenvalue weighted by Gasteiger charge is 2.40. The zero-order chi connectivity index (χ0) is 13.7. The summed E-state index contributed by atoms with van der Waals surface area (Å²) in [7, 11) is 3.65. The lowest BCUT2D eigenvalue weighted by molar-refractivity contribution is -0.0530. The first-order chi connectivity index (χ1) is 9.23. The zero-order valence-corrected chi connectivity index (χ0v) is 11.9. The van der Waals surface area contributed by atoms with Crippen molar-refractivity contribution >= 4 is 0 Å². The van der Waals surface area contributed by atoms with Crippen LogP contribution in [0.2, 0.25) is 0 Å². The predicted octanol–water partition coefficient (Wildman–Crippen LogP) is 3.83. The van der Waals surface area contributed by atoms with Crippen LogP contribution in [0.3, 0.4) is 0 Å². The second-order valence-corrected chi connectivity index (χ2v) is 5.43. The Hall–Kier alpha value is -0.930. The largest absolute Gasteiger partial charge is 0.376 e. The standard InChI is InChI=1S/C16H24FNO/c1-18-15(13-9-5-6-10-14(13)17)16(19-2)11-7-3-4-8-12-16/h5-6,9-10,15,18H,3-4,7-8,11-12H2,1-2H3. The third kappa shape index (κ3) is 2.98. The van der Waals surface area contributed by atoms with E-state index in [4.69, 9.17) is 4.74 Å². The topological polar surface area (TPSA) is 21.3 Å². The van der Waals surface area contributed by atoms with Crippen molar-refractivity contribution in [3.05, 3.63) is 35.6 Å². The summed E-state index contributed by atoms with van der Waals surface area (Å²) in [6.07, 6.45) is 6.78. The fourth-order valence-electron chi connectivity index (χ4n) is 3.35. The maximum Gasteiger partial charge on any atom is 0.128 e. The summed E-state index contributed by atoms with van der Waals surface area (Å²) < 4.78 is 20.0. The van der Waals surface area contributed by atoms with E-state index in [9.17, 15) is 4.39 Å². The molecule has 1 aromatic carbocycles. The van der Waals surface area contributed by atoms with Gasteiger partial charge in [0, 0.05) is 12.7 Å². The second-order valence-electron chi connectivity index (χ2n) is 5.43. The highest BCUT2D eigenvalue weighted by Crippen LogP contribution is 2.40. The van der Waals surface area contributed by atoms with Crippen LogP contribution < -0.4 is 5.32 Å². The Labute approximate surface area is 115 Å². The Balaban J connectivity index is 2.35. The zero-order valence-electron chi connectivity index (χ0n) is 11.9. The van der Waals surface area contributed by atoms with E-state index >= 15 is 0 Å². The highest BCUT2D eigenvalue weighted by atomic mass is 19.1. The lowest BCUT2D eigenvalue weighted by Crippen LogP contribution is -2.44. The number of ether oxygens (including phenoxy) is 1. The molecule has 2 rings (SSSR count). The van der Waals surface area contributed by atoms with E-state index in [1.807, 2.05) is 19.2 Å². The molecule has 1 saturated carbocycles. The molecule has 1 N–H and O–H groups in total. The van der Waals surface area contributed by atoms with Crippen molar-refractivity contribution in [1.82, 2.24) is 5.32 Å². The number of hydrogen-bond acceptors (Lipinski definition) is 2. The van der Waals surface area contributed by atoms with Gasteiger partial charge in [0.15, 0.2) is 0 Å². The van der Waals surface area contributed by atoms with Crippen molar-refractivity contribution in [2.45, 2.75) is 50.2 Å². The molecule has 0 heterocycles. The Morgan fingerprint density at radius 1 is 1.16 bits per heavy atom. The van der Waals surface area contributed by atoms with Gasteiger partial charge in [0.2, 0.25) is 0 Å². The van der Waals surface area contributed by atoms with Crippen molar-refractivity contribution in [3.63, 3.8) is 0 Å². The minimum absolute atomic E-state index is 0.0863. The Bertz CT molecular complexity index is 399. The number of methoxy groups -OCH3 is 1. The maximum atomic E-state index is 14.1. The van der Waals surface area contributed by atoms with E-state index in [0.717, 1.165) is 25.7 Å². The van der Waals surface area contributed by atoms with Crippen molar-refractivity contribution < 1.29 is 9.13 Å². The van der Waals surface area contributed by atoms with Gasteiger partial charge in [-0.15, -0.1) is 0 Å². The molecule has 1 atom stereocenters. The van der Waals surface area contributed by atoms with E-state index in [0.29, 0.717) is 5.56 Å². The van der Waals surface area contributed by atoms with Crippen molar-refractivity contribution in [1.29, 1.82) is 0 Å². The molecule has 19 heavy (non-hydrogen) atoms. The van der Waals surface area contributed by atoms with Gasteiger partial charge in [-0.1, -0.05) is 43.9 Å². The second kappa shape index (κ2) is 6.49. The summed E-state index contributed by atoms with van der Waals surface area (Å²) in [5.74, 6) is -0.150. The van der Waals surface area contributed by atoms with Crippen LogP contribution in [-0.2, 0) is 4.74 Å². The van der Waals surface area contributed by atoms with Crippen LogP contribution in [0.4, 0.5) is 4.39 Å². The van der Waals surface area contributed by atoms with Crippen LogP contribution >= 0.6 is 0 Å². The van der Waals surface area contributed by atoms with Gasteiger partial charge in [0.1, 0.15) is 5.82 Å². The van der Waals surface area contributed by atoms with Crippen LogP contribution in [0, 0.1) is 5.82 Å². The summed E-state index contributed by atoms with van der Waals surface area (Å²) in [6.45, 7) is 0. The van der Waals surface area contributed by atoms with Gasteiger partial charge in [0.25, 0.3) is 0 Å². The lowest BCUT2D eigenvalue weighted by Gasteiger charge is -2.39. The molecule has 0 bridgehead atoms. The molecule has 3 heteroatoms. The van der Waals surface area contributed by atoms with Crippen LogP contribution in [0.5, 0.6) is 0 Å².